The second-order valence-electron chi connectivity index (χ2n) is 7.27. The minimum atomic E-state index is -0.882. The average molecular weight is 318 g/mol. The summed E-state index contributed by atoms with van der Waals surface area (Å²) in [5.74, 6) is 1.39. The van der Waals surface area contributed by atoms with Gasteiger partial charge < -0.3 is 9.47 Å². The highest BCUT2D eigenvalue weighted by Gasteiger charge is 2.51. The van der Waals surface area contributed by atoms with E-state index >= 15 is 0 Å². The summed E-state index contributed by atoms with van der Waals surface area (Å²) in [6.45, 7) is 3.88. The molecule has 3 unspecified atom stereocenters. The number of piperidine rings is 1. The number of hydrogen-bond acceptors (Lipinski definition) is 4. The smallest absolute Gasteiger partial charge is 0.161 e. The maximum absolute atomic E-state index is 9.40. The van der Waals surface area contributed by atoms with Crippen molar-refractivity contribution in [3.05, 3.63) is 23.3 Å². The minimum absolute atomic E-state index is 0.0830. The van der Waals surface area contributed by atoms with Gasteiger partial charge in [0.05, 0.1) is 23.1 Å². The minimum Gasteiger partial charge on any atom is -0.493 e. The van der Waals surface area contributed by atoms with Gasteiger partial charge in [-0.25, -0.2) is 0 Å². The predicted octanol–water partition coefficient (Wildman–Crippen LogP) is 3.06. The lowest BCUT2D eigenvalue weighted by molar-refractivity contribution is -0.0571. The number of hydrogen-bond donors (Lipinski definition) is 0. The lowest BCUT2D eigenvalue weighted by Crippen LogP contribution is -2.56. The molecule has 2 saturated heterocycles. The van der Waals surface area contributed by atoms with Gasteiger partial charge in [-0.3, -0.25) is 9.80 Å². The van der Waals surface area contributed by atoms with Crippen LogP contribution in [0.25, 0.3) is 0 Å². The fourth-order valence-electron chi connectivity index (χ4n) is 4.67. The number of methoxy groups -OCH3 is 2. The van der Waals surface area contributed by atoms with E-state index in [0.29, 0.717) is 5.75 Å². The van der Waals surface area contributed by atoms with Crippen LogP contribution in [0.4, 0.5) is 0 Å². The van der Waals surface area contributed by atoms with E-state index in [4.69, 9.17) is 9.47 Å². The van der Waals surface area contributed by atoms with Crippen LogP contribution in [0, 0.1) is 5.41 Å². The average Bonchev–Trinajstić information content (AvgIpc) is 2.85. The van der Waals surface area contributed by atoms with Gasteiger partial charge in [-0.1, -0.05) is 6.92 Å². The first-order valence-corrected chi connectivity index (χ1v) is 8.54. The van der Waals surface area contributed by atoms with Crippen LogP contribution in [-0.4, -0.2) is 50.3 Å². The first-order chi connectivity index (χ1) is 11.8. The molecule has 126 valence electrons. The molecule has 1 aromatic carbocycles. The van der Waals surface area contributed by atoms with Gasteiger partial charge >= 0.3 is 0 Å². The van der Waals surface area contributed by atoms with Crippen LogP contribution in [0.3, 0.4) is 0 Å². The van der Waals surface area contributed by atoms with Gasteiger partial charge in [0.15, 0.2) is 11.5 Å². The molecule has 3 heterocycles. The summed E-state index contributed by atoms with van der Waals surface area (Å²) in [4.78, 5) is 4.27. The van der Waals surface area contributed by atoms with Gasteiger partial charge in [-0.05, 0) is 68.0 Å². The van der Waals surface area contributed by atoms with Crippen LogP contribution in [0.2, 0.25) is 0 Å². The molecule has 0 aromatic heterocycles. The molecule has 1 aromatic rings. The standard InChI is InChI=1S/C19H28N2O2/c1-19-7-5-15-14-12-17(23-4)16(22-3)11-13(14)6-9-21(15)18(19)20(2)10-8-19/h11-12,15,18H,5-10H2,1-4H3/i15D,18D. The summed E-state index contributed by atoms with van der Waals surface area (Å²) in [7, 11) is 5.32. The molecule has 3 aliphatic heterocycles. The summed E-state index contributed by atoms with van der Waals surface area (Å²) >= 11 is 0. The van der Waals surface area contributed by atoms with Gasteiger partial charge in [0.2, 0.25) is 0 Å². The topological polar surface area (TPSA) is 24.9 Å². The summed E-state index contributed by atoms with van der Waals surface area (Å²) in [6.07, 6.45) is 2.69. The zero-order valence-corrected chi connectivity index (χ0v) is 14.6. The lowest BCUT2D eigenvalue weighted by Gasteiger charge is -2.53. The van der Waals surface area contributed by atoms with Gasteiger partial charge in [-0.15, -0.1) is 0 Å². The number of ether oxygens (including phenoxy) is 2. The Morgan fingerprint density at radius 2 is 1.91 bits per heavy atom. The van der Waals surface area contributed by atoms with Crippen LogP contribution in [0.1, 0.15) is 46.1 Å². The Balaban J connectivity index is 1.86. The van der Waals surface area contributed by atoms with Crippen molar-refractivity contribution in [3.63, 3.8) is 0 Å². The third-order valence-electron chi connectivity index (χ3n) is 5.92. The third-order valence-corrected chi connectivity index (χ3v) is 5.92. The highest BCUT2D eigenvalue weighted by atomic mass is 16.5. The van der Waals surface area contributed by atoms with Crippen LogP contribution in [0.15, 0.2) is 12.1 Å². The van der Waals surface area contributed by atoms with Gasteiger partial charge in [-0.2, -0.15) is 0 Å². The Labute approximate surface area is 142 Å². The summed E-state index contributed by atoms with van der Waals surface area (Å²) in [5.41, 5.74) is 2.04. The van der Waals surface area contributed by atoms with Crippen molar-refractivity contribution >= 4 is 0 Å². The van der Waals surface area contributed by atoms with E-state index in [1.165, 1.54) is 0 Å². The summed E-state index contributed by atoms with van der Waals surface area (Å²) < 4.78 is 29.7. The second-order valence-corrected chi connectivity index (χ2v) is 7.27. The monoisotopic (exact) mass is 318 g/mol. The Kier molecular flexibility index (Phi) is 3.06. The first-order valence-electron chi connectivity index (χ1n) is 9.54. The highest BCUT2D eigenvalue weighted by molar-refractivity contribution is 5.49. The molecule has 3 aliphatic rings. The van der Waals surface area contributed by atoms with Crippen molar-refractivity contribution in [3.8, 4) is 11.5 Å². The van der Waals surface area contributed by atoms with E-state index in [2.05, 4.69) is 16.7 Å². The number of fused-ring (bicyclic) bond motifs is 5. The van der Waals surface area contributed by atoms with Gasteiger partial charge in [0.25, 0.3) is 0 Å². The Hall–Kier alpha value is -1.26. The van der Waals surface area contributed by atoms with Crippen molar-refractivity contribution < 1.29 is 12.2 Å². The van der Waals surface area contributed by atoms with E-state index < -0.39 is 12.2 Å². The Morgan fingerprint density at radius 1 is 1.17 bits per heavy atom. The molecule has 23 heavy (non-hydrogen) atoms. The number of benzene rings is 1. The fraction of sp³-hybridized carbons (Fsp3) is 0.684. The number of likely N-dealkylation sites (tertiary alicyclic amines) is 1. The Bertz CT molecular complexity index is 715. The highest BCUT2D eigenvalue weighted by Crippen LogP contribution is 2.52. The van der Waals surface area contributed by atoms with Crippen molar-refractivity contribution in [2.75, 3.05) is 34.4 Å². The maximum atomic E-state index is 9.40. The van der Waals surface area contributed by atoms with E-state index in [1.807, 2.05) is 19.2 Å². The third kappa shape index (κ3) is 2.18. The quantitative estimate of drug-likeness (QED) is 0.837. The molecule has 0 aliphatic carbocycles. The summed E-state index contributed by atoms with van der Waals surface area (Å²) in [6, 6.07) is 3.10. The van der Waals surface area contributed by atoms with E-state index in [9.17, 15) is 2.74 Å². The normalized spacial score (nSPS) is 41.4. The van der Waals surface area contributed by atoms with E-state index in [1.54, 1.807) is 14.2 Å². The van der Waals surface area contributed by atoms with E-state index in [0.717, 1.165) is 55.6 Å². The van der Waals surface area contributed by atoms with Crippen molar-refractivity contribution in [2.45, 2.75) is 44.8 Å². The van der Waals surface area contributed by atoms with Crippen molar-refractivity contribution in [1.29, 1.82) is 0 Å². The molecule has 0 bridgehead atoms. The van der Waals surface area contributed by atoms with E-state index in [-0.39, 0.29) is 5.41 Å². The van der Waals surface area contributed by atoms with Crippen LogP contribution in [-0.2, 0) is 6.42 Å². The fourth-order valence-corrected chi connectivity index (χ4v) is 4.67. The SMILES string of the molecule is [2H]C12CCC3(C)CCN(C)C3([2H])N1CCc1cc(OC)c(OC)cc12. The molecule has 4 rings (SSSR count). The lowest BCUT2D eigenvalue weighted by atomic mass is 9.73. The molecule has 3 atom stereocenters. The molecule has 0 spiro atoms. The molecule has 4 heteroatoms. The van der Waals surface area contributed by atoms with Crippen LogP contribution in [0.5, 0.6) is 11.5 Å². The predicted molar refractivity (Wildman–Crippen MR) is 91.1 cm³/mol. The molecule has 0 N–H and O–H groups in total. The zero-order chi connectivity index (χ0) is 18.0. The molecule has 2 fully saturated rings. The van der Waals surface area contributed by atoms with Crippen LogP contribution >= 0.6 is 0 Å². The van der Waals surface area contributed by atoms with Crippen LogP contribution < -0.4 is 9.47 Å². The number of nitrogens with zero attached hydrogens (tertiary/aromatic N) is 2. The molecule has 4 nitrogen and oxygen atoms in total. The Morgan fingerprint density at radius 3 is 2.65 bits per heavy atom. The second kappa shape index (κ2) is 5.38. The summed E-state index contributed by atoms with van der Waals surface area (Å²) in [5, 5.41) is 0. The van der Waals surface area contributed by atoms with Crippen molar-refractivity contribution in [2.24, 2.45) is 5.41 Å². The van der Waals surface area contributed by atoms with Gasteiger partial charge in [0, 0.05) is 12.6 Å². The number of rotatable bonds is 2. The molecular formula is C19H28N2O2. The first kappa shape index (κ1) is 13.1. The molecular weight excluding hydrogens is 288 g/mol. The maximum Gasteiger partial charge on any atom is 0.161 e. The van der Waals surface area contributed by atoms with Crippen molar-refractivity contribution in [1.82, 2.24) is 9.80 Å². The van der Waals surface area contributed by atoms with Gasteiger partial charge in [0.1, 0.15) is 0 Å². The zero-order valence-electron chi connectivity index (χ0n) is 16.6. The largest absolute Gasteiger partial charge is 0.493 e. The molecule has 0 saturated carbocycles. The molecule has 0 radical (unpaired) electrons. The molecule has 0 amide bonds.